The molecule has 0 saturated heterocycles. The summed E-state index contributed by atoms with van der Waals surface area (Å²) in [5.41, 5.74) is 0.252. The van der Waals surface area contributed by atoms with Crippen LogP contribution in [0.25, 0.3) is 0 Å². The van der Waals surface area contributed by atoms with Crippen molar-refractivity contribution in [2.75, 3.05) is 5.32 Å². The van der Waals surface area contributed by atoms with Crippen molar-refractivity contribution in [3.8, 4) is 6.07 Å². The van der Waals surface area contributed by atoms with Crippen molar-refractivity contribution in [1.82, 2.24) is 9.78 Å². The Morgan fingerprint density at radius 2 is 2.42 bits per heavy atom. The summed E-state index contributed by atoms with van der Waals surface area (Å²) in [5.74, 6) is 0.891. The van der Waals surface area contributed by atoms with Crippen molar-refractivity contribution in [1.29, 1.82) is 5.26 Å². The number of furan rings is 1. The van der Waals surface area contributed by atoms with Crippen LogP contribution < -0.4 is 5.32 Å². The topological polar surface area (TPSA) is 66.8 Å². The van der Waals surface area contributed by atoms with Gasteiger partial charge >= 0.3 is 0 Å². The number of anilines is 1. The molecule has 0 bridgehead atoms. The Morgan fingerprint density at radius 1 is 1.58 bits per heavy atom. The summed E-state index contributed by atoms with van der Waals surface area (Å²) in [6, 6.07) is 3.91. The van der Waals surface area contributed by atoms with Gasteiger partial charge in [0.2, 0.25) is 0 Å². The molecular formula is C12H10F2N4O. The van der Waals surface area contributed by atoms with Crippen molar-refractivity contribution in [2.45, 2.75) is 24.9 Å². The van der Waals surface area contributed by atoms with Crippen LogP contribution in [0.1, 0.15) is 29.8 Å². The van der Waals surface area contributed by atoms with Gasteiger partial charge in [0, 0.05) is 6.42 Å². The molecular weight excluding hydrogens is 254 g/mol. The lowest BCUT2D eigenvalue weighted by molar-refractivity contribution is 0.0645. The fraction of sp³-hybridized carbons (Fsp3) is 0.333. The zero-order valence-electron chi connectivity index (χ0n) is 9.75. The second-order valence-corrected chi connectivity index (χ2v) is 4.31. The van der Waals surface area contributed by atoms with Gasteiger partial charge in [-0.15, -0.1) is 0 Å². The molecule has 1 aliphatic heterocycles. The Balaban J connectivity index is 2.02. The monoisotopic (exact) mass is 264 g/mol. The maximum absolute atomic E-state index is 13.1. The van der Waals surface area contributed by atoms with Gasteiger partial charge < -0.3 is 9.73 Å². The Hall–Kier alpha value is -2.36. The highest BCUT2D eigenvalue weighted by molar-refractivity contribution is 5.54. The molecule has 1 aliphatic rings. The molecule has 3 heterocycles. The average molecular weight is 264 g/mol. The summed E-state index contributed by atoms with van der Waals surface area (Å²) in [6.45, 7) is 0. The first-order chi connectivity index (χ1) is 9.20. The van der Waals surface area contributed by atoms with E-state index in [0.29, 0.717) is 11.6 Å². The number of nitrogens with zero attached hydrogens (tertiary/aromatic N) is 3. The standard InChI is InChI=1S/C12H10F2N4O/c13-11(14)9-4-8(10-2-1-3-19-10)17-12-7(5-15)6-16-18(9)12/h1-3,6,8-9,11,17H,4H2/t8-,9+/m0/s1. The van der Waals surface area contributed by atoms with Crippen molar-refractivity contribution in [3.63, 3.8) is 0 Å². The van der Waals surface area contributed by atoms with Crippen LogP contribution in [0.2, 0.25) is 0 Å². The molecule has 0 aliphatic carbocycles. The number of aromatic nitrogens is 2. The van der Waals surface area contributed by atoms with Gasteiger partial charge in [-0.05, 0) is 12.1 Å². The second kappa shape index (κ2) is 4.39. The highest BCUT2D eigenvalue weighted by Gasteiger charge is 2.36. The summed E-state index contributed by atoms with van der Waals surface area (Å²) in [7, 11) is 0. The number of alkyl halides is 2. The summed E-state index contributed by atoms with van der Waals surface area (Å²) in [5, 5.41) is 15.9. The zero-order valence-corrected chi connectivity index (χ0v) is 9.75. The van der Waals surface area contributed by atoms with Crippen LogP contribution in [0.5, 0.6) is 0 Å². The smallest absolute Gasteiger partial charge is 0.260 e. The van der Waals surface area contributed by atoms with E-state index in [4.69, 9.17) is 9.68 Å². The number of hydrogen-bond acceptors (Lipinski definition) is 4. The van der Waals surface area contributed by atoms with Crippen LogP contribution in [-0.4, -0.2) is 16.2 Å². The maximum atomic E-state index is 13.1. The number of halogens is 2. The Morgan fingerprint density at radius 3 is 3.05 bits per heavy atom. The van der Waals surface area contributed by atoms with Crippen LogP contribution >= 0.6 is 0 Å². The Labute approximate surface area is 107 Å². The van der Waals surface area contributed by atoms with E-state index >= 15 is 0 Å². The van der Waals surface area contributed by atoms with Crippen molar-refractivity contribution in [2.24, 2.45) is 0 Å². The number of nitriles is 1. The van der Waals surface area contributed by atoms with E-state index in [1.165, 1.54) is 17.1 Å². The van der Waals surface area contributed by atoms with E-state index in [9.17, 15) is 8.78 Å². The SMILES string of the molecule is N#Cc1cnn2c1N[C@H](c1ccco1)C[C@@H]2C(F)F. The van der Waals surface area contributed by atoms with E-state index < -0.39 is 12.5 Å². The molecule has 0 amide bonds. The van der Waals surface area contributed by atoms with E-state index in [1.807, 2.05) is 6.07 Å². The highest BCUT2D eigenvalue weighted by atomic mass is 19.3. The van der Waals surface area contributed by atoms with Gasteiger partial charge in [0.25, 0.3) is 6.43 Å². The largest absolute Gasteiger partial charge is 0.467 e. The highest BCUT2D eigenvalue weighted by Crippen LogP contribution is 2.39. The van der Waals surface area contributed by atoms with Crippen LogP contribution in [0.15, 0.2) is 29.0 Å². The number of nitrogens with one attached hydrogen (secondary N) is 1. The van der Waals surface area contributed by atoms with Crippen molar-refractivity contribution in [3.05, 3.63) is 35.9 Å². The summed E-state index contributed by atoms with van der Waals surface area (Å²) in [6.07, 6.45) is 0.392. The minimum absolute atomic E-state index is 0.157. The third-order valence-electron chi connectivity index (χ3n) is 3.20. The molecule has 1 N–H and O–H groups in total. The minimum atomic E-state index is -2.55. The average Bonchev–Trinajstić information content (AvgIpc) is 3.06. The second-order valence-electron chi connectivity index (χ2n) is 4.31. The fourth-order valence-electron chi connectivity index (χ4n) is 2.29. The van der Waals surface area contributed by atoms with Gasteiger partial charge in [0.05, 0.1) is 18.5 Å². The van der Waals surface area contributed by atoms with Crippen molar-refractivity contribution >= 4 is 5.82 Å². The van der Waals surface area contributed by atoms with Crippen molar-refractivity contribution < 1.29 is 13.2 Å². The minimum Gasteiger partial charge on any atom is -0.467 e. The van der Waals surface area contributed by atoms with Crippen LogP contribution in [0.4, 0.5) is 14.6 Å². The molecule has 3 rings (SSSR count). The van der Waals surface area contributed by atoms with Gasteiger partial charge in [-0.1, -0.05) is 0 Å². The lowest BCUT2D eigenvalue weighted by Gasteiger charge is -2.30. The molecule has 2 atom stereocenters. The predicted octanol–water partition coefficient (Wildman–Crippen LogP) is 2.71. The molecule has 19 heavy (non-hydrogen) atoms. The van der Waals surface area contributed by atoms with E-state index in [0.717, 1.165) is 0 Å². The van der Waals surface area contributed by atoms with Gasteiger partial charge in [0.1, 0.15) is 29.3 Å². The third-order valence-corrected chi connectivity index (χ3v) is 3.20. The lowest BCUT2D eigenvalue weighted by Crippen LogP contribution is -2.30. The normalized spacial score (nSPS) is 21.8. The summed E-state index contributed by atoms with van der Waals surface area (Å²) >= 11 is 0. The van der Waals surface area contributed by atoms with Gasteiger partial charge in [-0.2, -0.15) is 10.4 Å². The van der Waals surface area contributed by atoms with Crippen LogP contribution in [0, 0.1) is 11.3 Å². The molecule has 2 aromatic rings. The molecule has 2 aromatic heterocycles. The fourth-order valence-corrected chi connectivity index (χ4v) is 2.29. The maximum Gasteiger partial charge on any atom is 0.260 e. The van der Waals surface area contributed by atoms with E-state index in [1.54, 1.807) is 12.1 Å². The number of fused-ring (bicyclic) bond motifs is 1. The number of hydrogen-bond donors (Lipinski definition) is 1. The first-order valence-electron chi connectivity index (χ1n) is 5.76. The molecule has 7 heteroatoms. The molecule has 0 spiro atoms. The van der Waals surface area contributed by atoms with Crippen LogP contribution in [-0.2, 0) is 0 Å². The predicted molar refractivity (Wildman–Crippen MR) is 61.7 cm³/mol. The first kappa shape index (κ1) is 11.7. The molecule has 0 aromatic carbocycles. The molecule has 0 radical (unpaired) electrons. The van der Waals surface area contributed by atoms with E-state index in [2.05, 4.69) is 10.4 Å². The Kier molecular flexibility index (Phi) is 2.71. The first-order valence-corrected chi connectivity index (χ1v) is 5.76. The number of rotatable bonds is 2. The summed E-state index contributed by atoms with van der Waals surface area (Å²) < 4.78 is 32.7. The van der Waals surface area contributed by atoms with Gasteiger partial charge in [0.15, 0.2) is 0 Å². The molecule has 0 unspecified atom stereocenters. The molecule has 0 fully saturated rings. The van der Waals surface area contributed by atoms with Gasteiger partial charge in [-0.25, -0.2) is 13.5 Å². The molecule has 5 nitrogen and oxygen atoms in total. The zero-order chi connectivity index (χ0) is 13.4. The molecule has 98 valence electrons. The van der Waals surface area contributed by atoms with E-state index in [-0.39, 0.29) is 18.0 Å². The van der Waals surface area contributed by atoms with Gasteiger partial charge in [-0.3, -0.25) is 0 Å². The molecule has 0 saturated carbocycles. The van der Waals surface area contributed by atoms with Crippen LogP contribution in [0.3, 0.4) is 0 Å². The Bertz CT molecular complexity index is 614. The quantitative estimate of drug-likeness (QED) is 0.905. The lowest BCUT2D eigenvalue weighted by atomic mass is 10.0. The summed E-state index contributed by atoms with van der Waals surface area (Å²) in [4.78, 5) is 0. The third kappa shape index (κ3) is 1.85.